The molecule has 1 rings (SSSR count). The topological polar surface area (TPSA) is 51.2 Å². The number of benzene rings is 1. The summed E-state index contributed by atoms with van der Waals surface area (Å²) in [5, 5.41) is -2.03. The molecule has 0 aromatic heterocycles. The van der Waals surface area contributed by atoms with Gasteiger partial charge >= 0.3 is 0 Å². The van der Waals surface area contributed by atoms with E-state index < -0.39 is 10.5 Å². The van der Waals surface area contributed by atoms with Crippen LogP contribution in [0, 0.1) is 0 Å². The van der Waals surface area contributed by atoms with Gasteiger partial charge in [0.15, 0.2) is 0 Å². The first kappa shape index (κ1) is 21.9. The highest BCUT2D eigenvalue weighted by Crippen LogP contribution is 2.07. The van der Waals surface area contributed by atoms with Crippen LogP contribution in [0.25, 0.3) is 6.08 Å². The SMILES string of the molecule is O=C(Cl)C(=CC=Cc1ccccc1)C(=O)Cl.O=C(Cl)CCCCl. The van der Waals surface area contributed by atoms with Crippen LogP contribution in [0.5, 0.6) is 0 Å². The number of allylic oxidation sites excluding steroid dienone is 3. The molecule has 0 heterocycles. The van der Waals surface area contributed by atoms with Crippen LogP contribution in [-0.4, -0.2) is 21.6 Å². The van der Waals surface area contributed by atoms with E-state index in [4.69, 9.17) is 46.4 Å². The van der Waals surface area contributed by atoms with Gasteiger partial charge in [-0.1, -0.05) is 42.5 Å². The molecule has 7 heteroatoms. The van der Waals surface area contributed by atoms with Crippen molar-refractivity contribution in [2.75, 3.05) is 5.88 Å². The molecule has 0 amide bonds. The number of hydrogen-bond donors (Lipinski definition) is 0. The Labute approximate surface area is 154 Å². The van der Waals surface area contributed by atoms with Crippen molar-refractivity contribution < 1.29 is 14.4 Å². The van der Waals surface area contributed by atoms with Gasteiger partial charge in [0.25, 0.3) is 10.5 Å². The first-order valence-corrected chi connectivity index (χ1v) is 8.12. The fraction of sp³-hybridized carbons (Fsp3) is 0.188. The Morgan fingerprint density at radius 2 is 1.52 bits per heavy atom. The largest absolute Gasteiger partial charge is 0.281 e. The van der Waals surface area contributed by atoms with Crippen LogP contribution < -0.4 is 0 Å². The fourth-order valence-corrected chi connectivity index (χ4v) is 1.85. The lowest BCUT2D eigenvalue weighted by molar-refractivity contribution is -0.114. The number of halogens is 4. The van der Waals surface area contributed by atoms with Crippen LogP contribution in [0.3, 0.4) is 0 Å². The summed E-state index contributed by atoms with van der Waals surface area (Å²) in [6.45, 7) is 0. The Bertz CT molecular complexity index is 564. The van der Waals surface area contributed by atoms with Gasteiger partial charge in [-0.2, -0.15) is 0 Å². The van der Waals surface area contributed by atoms with Gasteiger partial charge in [0.1, 0.15) is 0 Å². The molecule has 124 valence electrons. The van der Waals surface area contributed by atoms with E-state index >= 15 is 0 Å². The predicted octanol–water partition coefficient (Wildman–Crippen LogP) is 4.93. The maximum atomic E-state index is 10.8. The fourth-order valence-electron chi connectivity index (χ4n) is 1.23. The molecule has 0 unspecified atom stereocenters. The summed E-state index contributed by atoms with van der Waals surface area (Å²) >= 11 is 20.5. The molecular formula is C16H14Cl4O3. The molecule has 0 aliphatic rings. The summed E-state index contributed by atoms with van der Waals surface area (Å²) in [5.41, 5.74) is 0.706. The highest BCUT2D eigenvalue weighted by molar-refractivity contribution is 6.79. The van der Waals surface area contributed by atoms with Crippen molar-refractivity contribution in [3.05, 3.63) is 53.6 Å². The maximum Gasteiger partial charge on any atom is 0.257 e. The third-order valence-corrected chi connectivity index (χ3v) is 3.15. The number of carbonyl (C=O) groups excluding carboxylic acids is 3. The minimum atomic E-state index is -0.863. The summed E-state index contributed by atoms with van der Waals surface area (Å²) in [6, 6.07) is 9.42. The third-order valence-electron chi connectivity index (χ3n) is 2.28. The highest BCUT2D eigenvalue weighted by Gasteiger charge is 2.11. The molecule has 0 bridgehead atoms. The summed E-state index contributed by atoms with van der Waals surface area (Å²) in [6.07, 6.45) is 5.65. The quantitative estimate of drug-likeness (QED) is 0.164. The average molecular weight is 396 g/mol. The second kappa shape index (κ2) is 13.3. The molecule has 1 aromatic rings. The van der Waals surface area contributed by atoms with E-state index in [0.29, 0.717) is 18.7 Å². The molecule has 0 saturated carbocycles. The second-order valence-electron chi connectivity index (χ2n) is 4.05. The Kier molecular flexibility index (Phi) is 12.7. The van der Waals surface area contributed by atoms with Crippen molar-refractivity contribution in [2.45, 2.75) is 12.8 Å². The smallest absolute Gasteiger partial charge is 0.257 e. The molecule has 0 atom stereocenters. The monoisotopic (exact) mass is 394 g/mol. The lowest BCUT2D eigenvalue weighted by Gasteiger charge is -1.91. The van der Waals surface area contributed by atoms with Gasteiger partial charge in [-0.05, 0) is 52.9 Å². The van der Waals surface area contributed by atoms with Gasteiger partial charge < -0.3 is 0 Å². The van der Waals surface area contributed by atoms with Crippen LogP contribution in [0.4, 0.5) is 0 Å². The summed E-state index contributed by atoms with van der Waals surface area (Å²) in [7, 11) is 0. The van der Waals surface area contributed by atoms with Gasteiger partial charge in [0.2, 0.25) is 5.24 Å². The van der Waals surface area contributed by atoms with Gasteiger partial charge in [-0.15, -0.1) is 11.6 Å². The number of rotatable bonds is 7. The highest BCUT2D eigenvalue weighted by atomic mass is 35.5. The van der Waals surface area contributed by atoms with E-state index in [9.17, 15) is 14.4 Å². The standard InChI is InChI=1S/C12H8Cl2O2.C4H6Cl2O/c13-11(15)10(12(14)16)8-4-7-9-5-2-1-3-6-9;5-3-1-2-4(6)7/h1-8H;1-3H2. The Balaban J connectivity index is 0.000000585. The van der Waals surface area contributed by atoms with Crippen LogP contribution in [0.1, 0.15) is 18.4 Å². The van der Waals surface area contributed by atoms with Crippen LogP contribution in [0.15, 0.2) is 48.1 Å². The minimum Gasteiger partial charge on any atom is -0.281 e. The van der Waals surface area contributed by atoms with Gasteiger partial charge in [0, 0.05) is 12.3 Å². The van der Waals surface area contributed by atoms with Crippen molar-refractivity contribution in [1.29, 1.82) is 0 Å². The molecule has 0 N–H and O–H groups in total. The number of alkyl halides is 1. The van der Waals surface area contributed by atoms with Crippen molar-refractivity contribution in [1.82, 2.24) is 0 Å². The molecule has 3 nitrogen and oxygen atoms in total. The molecule has 0 saturated heterocycles. The molecule has 1 aromatic carbocycles. The predicted molar refractivity (Wildman–Crippen MR) is 96.1 cm³/mol. The van der Waals surface area contributed by atoms with E-state index in [1.807, 2.05) is 30.3 Å². The van der Waals surface area contributed by atoms with Crippen LogP contribution >= 0.6 is 46.4 Å². The normalized spacial score (nSPS) is 9.74. The molecular weight excluding hydrogens is 382 g/mol. The Morgan fingerprint density at radius 1 is 0.957 bits per heavy atom. The maximum absolute atomic E-state index is 10.8. The minimum absolute atomic E-state index is 0.240. The zero-order chi connectivity index (χ0) is 17.7. The van der Waals surface area contributed by atoms with Crippen LogP contribution in [0.2, 0.25) is 0 Å². The lowest BCUT2D eigenvalue weighted by Crippen LogP contribution is -2.00. The van der Waals surface area contributed by atoms with E-state index in [1.165, 1.54) is 6.08 Å². The van der Waals surface area contributed by atoms with Crippen molar-refractivity contribution >= 4 is 68.2 Å². The summed E-state index contributed by atoms with van der Waals surface area (Å²) in [5.74, 6) is 0.512. The molecule has 0 aliphatic carbocycles. The zero-order valence-electron chi connectivity index (χ0n) is 12.0. The van der Waals surface area contributed by atoms with E-state index in [-0.39, 0.29) is 10.8 Å². The molecule has 23 heavy (non-hydrogen) atoms. The van der Waals surface area contributed by atoms with Crippen LogP contribution in [-0.2, 0) is 14.4 Å². The molecule has 0 radical (unpaired) electrons. The van der Waals surface area contributed by atoms with E-state index in [2.05, 4.69) is 0 Å². The van der Waals surface area contributed by atoms with E-state index in [0.717, 1.165) is 5.56 Å². The Hall–Kier alpha value is -1.13. The zero-order valence-corrected chi connectivity index (χ0v) is 15.0. The first-order valence-electron chi connectivity index (χ1n) is 6.45. The van der Waals surface area contributed by atoms with E-state index in [1.54, 1.807) is 12.2 Å². The first-order chi connectivity index (χ1) is 10.9. The number of hydrogen-bond acceptors (Lipinski definition) is 3. The lowest BCUT2D eigenvalue weighted by atomic mass is 10.2. The molecule has 0 spiro atoms. The third kappa shape index (κ3) is 12.0. The molecule has 0 fully saturated rings. The van der Waals surface area contributed by atoms with Crippen molar-refractivity contribution in [3.8, 4) is 0 Å². The summed E-state index contributed by atoms with van der Waals surface area (Å²) < 4.78 is 0. The summed E-state index contributed by atoms with van der Waals surface area (Å²) in [4.78, 5) is 31.5. The second-order valence-corrected chi connectivity index (χ2v) is 5.53. The van der Waals surface area contributed by atoms with Crippen molar-refractivity contribution in [3.63, 3.8) is 0 Å². The number of carbonyl (C=O) groups is 3. The average Bonchev–Trinajstić information content (AvgIpc) is 2.50. The van der Waals surface area contributed by atoms with Crippen molar-refractivity contribution in [2.24, 2.45) is 0 Å². The van der Waals surface area contributed by atoms with Gasteiger partial charge in [-0.3, -0.25) is 14.4 Å². The Morgan fingerprint density at radius 3 is 1.91 bits per heavy atom. The van der Waals surface area contributed by atoms with Gasteiger partial charge in [-0.25, -0.2) is 0 Å². The molecule has 0 aliphatic heterocycles. The van der Waals surface area contributed by atoms with Gasteiger partial charge in [0.05, 0.1) is 5.57 Å².